The molecule has 1 aliphatic carbocycles. The van der Waals surface area contributed by atoms with Gasteiger partial charge in [0.05, 0.1) is 13.1 Å². The summed E-state index contributed by atoms with van der Waals surface area (Å²) >= 11 is 0. The Hall–Kier alpha value is -1.88. The van der Waals surface area contributed by atoms with Crippen LogP contribution in [-0.2, 0) is 22.6 Å². The normalized spacial score (nSPS) is 13.8. The molecule has 2 amide bonds. The van der Waals surface area contributed by atoms with Crippen molar-refractivity contribution >= 4 is 11.8 Å². The van der Waals surface area contributed by atoms with Crippen molar-refractivity contribution in [2.45, 2.75) is 38.8 Å². The molecule has 0 unspecified atom stereocenters. The lowest BCUT2D eigenvalue weighted by Gasteiger charge is -2.23. The van der Waals surface area contributed by atoms with Crippen molar-refractivity contribution in [2.75, 3.05) is 13.1 Å². The fourth-order valence-electron chi connectivity index (χ4n) is 2.23. The van der Waals surface area contributed by atoms with Gasteiger partial charge in [-0.25, -0.2) is 0 Å². The third-order valence-corrected chi connectivity index (χ3v) is 3.71. The molecule has 2 rings (SSSR count). The first-order chi connectivity index (χ1) is 10.1. The van der Waals surface area contributed by atoms with Crippen LogP contribution in [0.3, 0.4) is 0 Å². The number of nitrogens with zero attached hydrogens (tertiary/aromatic N) is 1. The van der Waals surface area contributed by atoms with E-state index in [1.807, 2.05) is 4.90 Å². The number of carbonyl (C=O) groups excluding carboxylic acids is 2. The summed E-state index contributed by atoms with van der Waals surface area (Å²) in [5.74, 6) is -0.342. The van der Waals surface area contributed by atoms with Crippen molar-refractivity contribution in [3.05, 3.63) is 35.4 Å². The van der Waals surface area contributed by atoms with Gasteiger partial charge in [0.25, 0.3) is 0 Å². The average molecular weight is 289 g/mol. The number of hydrogen-bond acceptors (Lipinski definition) is 3. The van der Waals surface area contributed by atoms with E-state index in [4.69, 9.17) is 5.73 Å². The van der Waals surface area contributed by atoms with Gasteiger partial charge < -0.3 is 16.0 Å². The summed E-state index contributed by atoms with van der Waals surface area (Å²) in [4.78, 5) is 25.2. The minimum absolute atomic E-state index is 0.0274. The van der Waals surface area contributed by atoms with E-state index < -0.39 is 0 Å². The van der Waals surface area contributed by atoms with E-state index in [9.17, 15) is 9.59 Å². The standard InChI is InChI=1S/C16H23N3O2/c1-2-12-3-5-13(6-4-12)11-19(14-7-8-14)16(21)10-18-15(20)9-17/h3-6,14H,2,7-11,17H2,1H3,(H,18,20). The van der Waals surface area contributed by atoms with Gasteiger partial charge in [-0.3, -0.25) is 9.59 Å². The fourth-order valence-corrected chi connectivity index (χ4v) is 2.23. The smallest absolute Gasteiger partial charge is 0.242 e. The molecule has 0 heterocycles. The summed E-state index contributed by atoms with van der Waals surface area (Å²) in [7, 11) is 0. The third kappa shape index (κ3) is 4.56. The topological polar surface area (TPSA) is 75.4 Å². The predicted molar refractivity (Wildman–Crippen MR) is 81.5 cm³/mol. The van der Waals surface area contributed by atoms with E-state index in [0.29, 0.717) is 12.6 Å². The number of hydrogen-bond donors (Lipinski definition) is 2. The first-order valence-electron chi connectivity index (χ1n) is 7.48. The Labute approximate surface area is 125 Å². The lowest BCUT2D eigenvalue weighted by Crippen LogP contribution is -2.42. The van der Waals surface area contributed by atoms with E-state index in [-0.39, 0.29) is 24.9 Å². The molecule has 0 atom stereocenters. The highest BCUT2D eigenvalue weighted by Crippen LogP contribution is 2.28. The number of aryl methyl sites for hydroxylation is 1. The summed E-state index contributed by atoms with van der Waals surface area (Å²) in [6.07, 6.45) is 3.10. The second-order valence-corrected chi connectivity index (χ2v) is 5.40. The van der Waals surface area contributed by atoms with Crippen molar-refractivity contribution in [1.82, 2.24) is 10.2 Å². The summed E-state index contributed by atoms with van der Waals surface area (Å²) in [5, 5.41) is 2.54. The summed E-state index contributed by atoms with van der Waals surface area (Å²) in [6.45, 7) is 2.66. The Kier molecular flexibility index (Phi) is 5.33. The second-order valence-electron chi connectivity index (χ2n) is 5.40. The zero-order chi connectivity index (χ0) is 15.2. The van der Waals surface area contributed by atoms with E-state index in [0.717, 1.165) is 24.8 Å². The molecule has 0 aromatic heterocycles. The van der Waals surface area contributed by atoms with E-state index >= 15 is 0 Å². The van der Waals surface area contributed by atoms with E-state index in [2.05, 4.69) is 36.5 Å². The Bertz CT molecular complexity index is 495. The largest absolute Gasteiger partial charge is 0.346 e. The van der Waals surface area contributed by atoms with Crippen LogP contribution in [0, 0.1) is 0 Å². The molecule has 0 bridgehead atoms. The third-order valence-electron chi connectivity index (χ3n) is 3.71. The Morgan fingerprint density at radius 1 is 1.24 bits per heavy atom. The second kappa shape index (κ2) is 7.22. The van der Waals surface area contributed by atoms with Crippen molar-refractivity contribution < 1.29 is 9.59 Å². The molecule has 114 valence electrons. The number of nitrogens with two attached hydrogens (primary N) is 1. The molecule has 1 aromatic rings. The number of rotatable bonds is 7. The van der Waals surface area contributed by atoms with Gasteiger partial charge in [0.15, 0.2) is 0 Å². The monoisotopic (exact) mass is 289 g/mol. The van der Waals surface area contributed by atoms with Crippen LogP contribution in [-0.4, -0.2) is 35.8 Å². The maximum Gasteiger partial charge on any atom is 0.242 e. The van der Waals surface area contributed by atoms with Crippen molar-refractivity contribution in [2.24, 2.45) is 5.73 Å². The minimum atomic E-state index is -0.300. The predicted octanol–water partition coefficient (Wildman–Crippen LogP) is 0.815. The van der Waals surface area contributed by atoms with Gasteiger partial charge in [0, 0.05) is 12.6 Å². The highest BCUT2D eigenvalue weighted by atomic mass is 16.2. The molecular weight excluding hydrogens is 266 g/mol. The number of benzene rings is 1. The van der Waals surface area contributed by atoms with Crippen LogP contribution in [0.2, 0.25) is 0 Å². The molecule has 0 spiro atoms. The summed E-state index contributed by atoms with van der Waals surface area (Å²) in [5.41, 5.74) is 7.63. The highest BCUT2D eigenvalue weighted by molar-refractivity contribution is 5.85. The van der Waals surface area contributed by atoms with E-state index in [1.165, 1.54) is 5.56 Å². The van der Waals surface area contributed by atoms with Crippen LogP contribution >= 0.6 is 0 Å². The van der Waals surface area contributed by atoms with Gasteiger partial charge in [-0.2, -0.15) is 0 Å². The lowest BCUT2D eigenvalue weighted by atomic mass is 10.1. The quantitative estimate of drug-likeness (QED) is 0.780. The Morgan fingerprint density at radius 2 is 1.86 bits per heavy atom. The fraction of sp³-hybridized carbons (Fsp3) is 0.500. The van der Waals surface area contributed by atoms with Gasteiger partial charge in [-0.1, -0.05) is 31.2 Å². The lowest BCUT2D eigenvalue weighted by molar-refractivity contribution is -0.133. The van der Waals surface area contributed by atoms with Crippen LogP contribution in [0.1, 0.15) is 30.9 Å². The van der Waals surface area contributed by atoms with Crippen LogP contribution in [0.5, 0.6) is 0 Å². The van der Waals surface area contributed by atoms with Crippen molar-refractivity contribution in [3.8, 4) is 0 Å². The number of amides is 2. The SMILES string of the molecule is CCc1ccc(CN(C(=O)CNC(=O)CN)C2CC2)cc1. The minimum Gasteiger partial charge on any atom is -0.346 e. The molecule has 0 aliphatic heterocycles. The van der Waals surface area contributed by atoms with Gasteiger partial charge >= 0.3 is 0 Å². The van der Waals surface area contributed by atoms with Crippen LogP contribution in [0.25, 0.3) is 0 Å². The highest BCUT2D eigenvalue weighted by Gasteiger charge is 2.32. The molecule has 0 radical (unpaired) electrons. The molecular formula is C16H23N3O2. The molecule has 1 aromatic carbocycles. The summed E-state index contributed by atoms with van der Waals surface area (Å²) < 4.78 is 0. The first-order valence-corrected chi connectivity index (χ1v) is 7.48. The molecule has 21 heavy (non-hydrogen) atoms. The van der Waals surface area contributed by atoms with Crippen LogP contribution in [0.15, 0.2) is 24.3 Å². The van der Waals surface area contributed by atoms with Gasteiger partial charge in [-0.05, 0) is 30.4 Å². The van der Waals surface area contributed by atoms with Gasteiger partial charge in [-0.15, -0.1) is 0 Å². The first kappa shape index (κ1) is 15.5. The maximum atomic E-state index is 12.2. The molecule has 1 fully saturated rings. The molecule has 3 N–H and O–H groups in total. The molecule has 0 saturated heterocycles. The van der Waals surface area contributed by atoms with E-state index in [1.54, 1.807) is 0 Å². The van der Waals surface area contributed by atoms with Gasteiger partial charge in [0.2, 0.25) is 11.8 Å². The Morgan fingerprint density at radius 3 is 2.38 bits per heavy atom. The maximum absolute atomic E-state index is 12.2. The van der Waals surface area contributed by atoms with Crippen LogP contribution in [0.4, 0.5) is 0 Å². The van der Waals surface area contributed by atoms with Crippen LogP contribution < -0.4 is 11.1 Å². The molecule has 5 heteroatoms. The van der Waals surface area contributed by atoms with Crippen molar-refractivity contribution in [3.63, 3.8) is 0 Å². The zero-order valence-corrected chi connectivity index (χ0v) is 12.5. The molecule has 1 saturated carbocycles. The van der Waals surface area contributed by atoms with Gasteiger partial charge in [0.1, 0.15) is 0 Å². The Balaban J connectivity index is 1.94. The zero-order valence-electron chi connectivity index (χ0n) is 12.5. The molecule has 1 aliphatic rings. The molecule has 5 nitrogen and oxygen atoms in total. The summed E-state index contributed by atoms with van der Waals surface area (Å²) in [6, 6.07) is 8.65. The number of nitrogens with one attached hydrogen (secondary N) is 1. The number of carbonyl (C=O) groups is 2. The van der Waals surface area contributed by atoms with Crippen molar-refractivity contribution in [1.29, 1.82) is 0 Å². The average Bonchev–Trinajstić information content (AvgIpc) is 3.35.